The van der Waals surface area contributed by atoms with Gasteiger partial charge in [0.25, 0.3) is 0 Å². The maximum Gasteiger partial charge on any atom is 0.122 e. The molecule has 1 fully saturated rings. The van der Waals surface area contributed by atoms with E-state index >= 15 is 0 Å². The first-order chi connectivity index (χ1) is 9.19. The first kappa shape index (κ1) is 14.4. The van der Waals surface area contributed by atoms with E-state index in [2.05, 4.69) is 30.4 Å². The molecule has 2 atom stereocenters. The zero-order valence-electron chi connectivity index (χ0n) is 12.4. The highest BCUT2D eigenvalue weighted by Gasteiger charge is 2.36. The summed E-state index contributed by atoms with van der Waals surface area (Å²) in [7, 11) is 5.57. The molecule has 0 aliphatic heterocycles. The third-order valence-electron chi connectivity index (χ3n) is 4.00. The fourth-order valence-corrected chi connectivity index (χ4v) is 2.80. The van der Waals surface area contributed by atoms with Crippen LogP contribution in [-0.2, 0) is 11.2 Å². The molecule has 19 heavy (non-hydrogen) atoms. The van der Waals surface area contributed by atoms with Crippen LogP contribution in [0.25, 0.3) is 0 Å². The molecule has 1 aliphatic rings. The van der Waals surface area contributed by atoms with Crippen LogP contribution in [0.15, 0.2) is 18.2 Å². The van der Waals surface area contributed by atoms with Gasteiger partial charge >= 0.3 is 0 Å². The summed E-state index contributed by atoms with van der Waals surface area (Å²) in [4.78, 5) is 0. The van der Waals surface area contributed by atoms with Crippen molar-refractivity contribution in [3.8, 4) is 5.75 Å². The van der Waals surface area contributed by atoms with E-state index in [4.69, 9.17) is 9.47 Å². The Morgan fingerprint density at radius 2 is 2.05 bits per heavy atom. The van der Waals surface area contributed by atoms with Crippen molar-refractivity contribution in [2.24, 2.45) is 5.92 Å². The van der Waals surface area contributed by atoms with Gasteiger partial charge in [-0.3, -0.25) is 0 Å². The number of hydrogen-bond donors (Lipinski definition) is 1. The number of aryl methyl sites for hydroxylation is 1. The molecule has 0 aromatic heterocycles. The summed E-state index contributed by atoms with van der Waals surface area (Å²) in [6.45, 7) is 2.12. The molecule has 106 valence electrons. The Morgan fingerprint density at radius 1 is 1.32 bits per heavy atom. The lowest BCUT2D eigenvalue weighted by atomic mass is 9.96. The Labute approximate surface area is 116 Å². The third kappa shape index (κ3) is 3.48. The van der Waals surface area contributed by atoms with Gasteiger partial charge in [0.2, 0.25) is 0 Å². The van der Waals surface area contributed by atoms with Crippen LogP contribution in [0.2, 0.25) is 0 Å². The highest BCUT2D eigenvalue weighted by molar-refractivity contribution is 5.37. The van der Waals surface area contributed by atoms with Crippen molar-refractivity contribution in [3.05, 3.63) is 29.3 Å². The Balaban J connectivity index is 2.14. The largest absolute Gasteiger partial charge is 0.496 e. The zero-order valence-corrected chi connectivity index (χ0v) is 12.4. The van der Waals surface area contributed by atoms with Crippen LogP contribution >= 0.6 is 0 Å². The molecule has 0 spiro atoms. The van der Waals surface area contributed by atoms with Gasteiger partial charge in [-0.25, -0.2) is 0 Å². The first-order valence-corrected chi connectivity index (χ1v) is 7.03. The zero-order chi connectivity index (χ0) is 13.8. The van der Waals surface area contributed by atoms with Crippen molar-refractivity contribution in [1.82, 2.24) is 5.32 Å². The SMILES string of the molecule is CNC(Cc1cc(C)ccc1OC)C(OC)C1CC1. The van der Waals surface area contributed by atoms with Crippen molar-refractivity contribution in [3.63, 3.8) is 0 Å². The lowest BCUT2D eigenvalue weighted by Gasteiger charge is -2.26. The second-order valence-corrected chi connectivity index (χ2v) is 5.45. The summed E-state index contributed by atoms with van der Waals surface area (Å²) < 4.78 is 11.2. The molecule has 0 radical (unpaired) electrons. The first-order valence-electron chi connectivity index (χ1n) is 7.03. The fourth-order valence-electron chi connectivity index (χ4n) is 2.80. The van der Waals surface area contributed by atoms with Crippen LogP contribution in [0.3, 0.4) is 0 Å². The van der Waals surface area contributed by atoms with E-state index in [1.807, 2.05) is 14.2 Å². The molecule has 0 bridgehead atoms. The molecule has 1 aromatic rings. The quantitative estimate of drug-likeness (QED) is 0.820. The van der Waals surface area contributed by atoms with Gasteiger partial charge in [0, 0.05) is 13.2 Å². The molecule has 1 N–H and O–H groups in total. The van der Waals surface area contributed by atoms with E-state index in [9.17, 15) is 0 Å². The standard InChI is InChI=1S/C16H25NO2/c1-11-5-8-15(18-3)13(9-11)10-14(17-2)16(19-4)12-6-7-12/h5,8-9,12,14,16-17H,6-7,10H2,1-4H3. The second kappa shape index (κ2) is 6.40. The van der Waals surface area contributed by atoms with Gasteiger partial charge in [0.05, 0.1) is 13.2 Å². The smallest absolute Gasteiger partial charge is 0.122 e. The molecule has 0 saturated heterocycles. The number of nitrogens with one attached hydrogen (secondary N) is 1. The molecule has 1 aliphatic carbocycles. The number of rotatable bonds is 7. The van der Waals surface area contributed by atoms with Crippen molar-refractivity contribution in [1.29, 1.82) is 0 Å². The Kier molecular flexibility index (Phi) is 4.83. The predicted octanol–water partition coefficient (Wildman–Crippen LogP) is 2.56. The van der Waals surface area contributed by atoms with Gasteiger partial charge < -0.3 is 14.8 Å². The van der Waals surface area contributed by atoms with Gasteiger partial charge in [-0.2, -0.15) is 0 Å². The topological polar surface area (TPSA) is 30.5 Å². The monoisotopic (exact) mass is 263 g/mol. The van der Waals surface area contributed by atoms with Crippen LogP contribution in [0, 0.1) is 12.8 Å². The van der Waals surface area contributed by atoms with E-state index in [-0.39, 0.29) is 0 Å². The van der Waals surface area contributed by atoms with Gasteiger partial charge in [-0.1, -0.05) is 17.7 Å². The minimum absolute atomic E-state index is 0.301. The molecule has 3 heteroatoms. The number of hydrogen-bond acceptors (Lipinski definition) is 3. The summed E-state index contributed by atoms with van der Waals surface area (Å²) in [6.07, 6.45) is 3.83. The number of likely N-dealkylation sites (N-methyl/N-ethyl adjacent to an activating group) is 1. The molecule has 1 saturated carbocycles. The van der Waals surface area contributed by atoms with E-state index in [0.29, 0.717) is 12.1 Å². The predicted molar refractivity (Wildman–Crippen MR) is 77.8 cm³/mol. The lowest BCUT2D eigenvalue weighted by Crippen LogP contribution is -2.42. The molecule has 0 heterocycles. The van der Waals surface area contributed by atoms with Gasteiger partial charge in [0.15, 0.2) is 0 Å². The summed E-state index contributed by atoms with van der Waals surface area (Å²) in [5.74, 6) is 1.69. The van der Waals surface area contributed by atoms with Crippen molar-refractivity contribution in [2.75, 3.05) is 21.3 Å². The van der Waals surface area contributed by atoms with E-state index in [1.54, 1.807) is 7.11 Å². The summed E-state index contributed by atoms with van der Waals surface area (Å²) in [6, 6.07) is 6.69. The highest BCUT2D eigenvalue weighted by Crippen LogP contribution is 2.36. The fraction of sp³-hybridized carbons (Fsp3) is 0.625. The van der Waals surface area contributed by atoms with Crippen LogP contribution in [0.4, 0.5) is 0 Å². The molecule has 3 nitrogen and oxygen atoms in total. The van der Waals surface area contributed by atoms with Crippen LogP contribution < -0.4 is 10.1 Å². The Hall–Kier alpha value is -1.06. The van der Waals surface area contributed by atoms with E-state index < -0.39 is 0 Å². The summed E-state index contributed by atoms with van der Waals surface area (Å²) in [5, 5.41) is 3.41. The maximum absolute atomic E-state index is 5.70. The highest BCUT2D eigenvalue weighted by atomic mass is 16.5. The minimum Gasteiger partial charge on any atom is -0.496 e. The molecule has 0 amide bonds. The molecular formula is C16H25NO2. The average molecular weight is 263 g/mol. The normalized spacial score (nSPS) is 18.1. The molecule has 1 aromatic carbocycles. The number of ether oxygens (including phenoxy) is 2. The van der Waals surface area contributed by atoms with Crippen molar-refractivity contribution in [2.45, 2.75) is 38.3 Å². The van der Waals surface area contributed by atoms with Crippen LogP contribution in [0.1, 0.15) is 24.0 Å². The van der Waals surface area contributed by atoms with E-state index in [1.165, 1.54) is 24.0 Å². The van der Waals surface area contributed by atoms with Gasteiger partial charge in [-0.15, -0.1) is 0 Å². The van der Waals surface area contributed by atoms with Crippen molar-refractivity contribution < 1.29 is 9.47 Å². The average Bonchev–Trinajstić information content (AvgIpc) is 3.23. The number of benzene rings is 1. The second-order valence-electron chi connectivity index (χ2n) is 5.45. The Morgan fingerprint density at radius 3 is 2.58 bits per heavy atom. The third-order valence-corrected chi connectivity index (χ3v) is 4.00. The maximum atomic E-state index is 5.70. The summed E-state index contributed by atoms with van der Waals surface area (Å²) in [5.41, 5.74) is 2.52. The van der Waals surface area contributed by atoms with Crippen molar-refractivity contribution >= 4 is 0 Å². The summed E-state index contributed by atoms with van der Waals surface area (Å²) >= 11 is 0. The lowest BCUT2D eigenvalue weighted by molar-refractivity contribution is 0.0533. The van der Waals surface area contributed by atoms with Gasteiger partial charge in [0.1, 0.15) is 5.75 Å². The van der Waals surface area contributed by atoms with Gasteiger partial charge in [-0.05, 0) is 50.8 Å². The van der Waals surface area contributed by atoms with Crippen LogP contribution in [-0.4, -0.2) is 33.4 Å². The van der Waals surface area contributed by atoms with Crippen LogP contribution in [0.5, 0.6) is 5.75 Å². The molecule has 2 unspecified atom stereocenters. The molecular weight excluding hydrogens is 238 g/mol. The van der Waals surface area contributed by atoms with E-state index in [0.717, 1.165) is 18.1 Å². The number of methoxy groups -OCH3 is 2. The Bertz CT molecular complexity index is 415. The minimum atomic E-state index is 0.301. The molecule has 2 rings (SSSR count).